The van der Waals surface area contributed by atoms with Crippen LogP contribution < -0.4 is 10.1 Å². The summed E-state index contributed by atoms with van der Waals surface area (Å²) in [5, 5.41) is 11.3. The van der Waals surface area contributed by atoms with Crippen molar-refractivity contribution in [2.24, 2.45) is 0 Å². The number of rotatable bonds is 5. The van der Waals surface area contributed by atoms with Gasteiger partial charge in [-0.2, -0.15) is 0 Å². The van der Waals surface area contributed by atoms with Crippen LogP contribution in [0.15, 0.2) is 24.3 Å². The minimum atomic E-state index is -0.157. The largest absolute Gasteiger partial charge is 0.484 e. The Morgan fingerprint density at radius 1 is 1.15 bits per heavy atom. The first-order chi connectivity index (χ1) is 12.4. The summed E-state index contributed by atoms with van der Waals surface area (Å²) in [4.78, 5) is 12.1. The van der Waals surface area contributed by atoms with Gasteiger partial charge in [0.25, 0.3) is 5.91 Å². The molecule has 2 heterocycles. The van der Waals surface area contributed by atoms with E-state index in [2.05, 4.69) is 40.9 Å². The van der Waals surface area contributed by atoms with Crippen LogP contribution in [0.1, 0.15) is 57.2 Å². The topological polar surface area (TPSA) is 69.0 Å². The number of fused-ring (bicyclic) bond motifs is 1. The normalized spacial score (nSPS) is 14.4. The standard InChI is InChI=1S/C20H28N4O2/c1-20(2,3)15-8-10-16(11-9-15)26-14-19(25)21-13-18-23-22-17-7-5-4-6-12-24(17)18/h8-11H,4-7,12-14H2,1-3H3,(H,21,25). The molecule has 0 saturated carbocycles. The highest BCUT2D eigenvalue weighted by atomic mass is 16.5. The van der Waals surface area contributed by atoms with Gasteiger partial charge < -0.3 is 14.6 Å². The maximum atomic E-state index is 12.1. The Morgan fingerprint density at radius 2 is 1.92 bits per heavy atom. The van der Waals surface area contributed by atoms with Crippen molar-refractivity contribution in [3.05, 3.63) is 41.5 Å². The van der Waals surface area contributed by atoms with Crippen molar-refractivity contribution in [2.75, 3.05) is 6.61 Å². The predicted molar refractivity (Wildman–Crippen MR) is 100 cm³/mol. The minimum absolute atomic E-state index is 0.00411. The minimum Gasteiger partial charge on any atom is -0.484 e. The van der Waals surface area contributed by atoms with Gasteiger partial charge in [0, 0.05) is 13.0 Å². The molecule has 1 aliphatic heterocycles. The van der Waals surface area contributed by atoms with E-state index in [-0.39, 0.29) is 17.9 Å². The first kappa shape index (κ1) is 18.4. The van der Waals surface area contributed by atoms with Gasteiger partial charge in [-0.3, -0.25) is 4.79 Å². The summed E-state index contributed by atoms with van der Waals surface area (Å²) in [6.07, 6.45) is 4.48. The zero-order valence-corrected chi connectivity index (χ0v) is 15.9. The molecule has 0 fully saturated rings. The van der Waals surface area contributed by atoms with Gasteiger partial charge in [-0.15, -0.1) is 10.2 Å². The van der Waals surface area contributed by atoms with Gasteiger partial charge >= 0.3 is 0 Å². The molecular weight excluding hydrogens is 328 g/mol. The highest BCUT2D eigenvalue weighted by Crippen LogP contribution is 2.24. The van der Waals surface area contributed by atoms with Gasteiger partial charge in [0.2, 0.25) is 0 Å². The number of aryl methyl sites for hydroxylation is 1. The number of amides is 1. The molecule has 0 atom stereocenters. The second-order valence-electron chi connectivity index (χ2n) is 7.83. The summed E-state index contributed by atoms with van der Waals surface area (Å²) >= 11 is 0. The quantitative estimate of drug-likeness (QED) is 0.894. The van der Waals surface area contributed by atoms with E-state index in [1.807, 2.05) is 24.3 Å². The number of benzene rings is 1. The van der Waals surface area contributed by atoms with Crippen molar-refractivity contribution in [3.63, 3.8) is 0 Å². The Labute approximate surface area is 155 Å². The van der Waals surface area contributed by atoms with E-state index < -0.39 is 0 Å². The van der Waals surface area contributed by atoms with E-state index in [0.29, 0.717) is 12.3 Å². The molecule has 6 heteroatoms. The Balaban J connectivity index is 1.48. The van der Waals surface area contributed by atoms with Crippen LogP contribution in [-0.2, 0) is 29.7 Å². The Morgan fingerprint density at radius 3 is 2.65 bits per heavy atom. The van der Waals surface area contributed by atoms with Crippen molar-refractivity contribution >= 4 is 5.91 Å². The Hall–Kier alpha value is -2.37. The van der Waals surface area contributed by atoms with Gasteiger partial charge in [0.15, 0.2) is 12.4 Å². The van der Waals surface area contributed by atoms with Crippen LogP contribution in [0.3, 0.4) is 0 Å². The van der Waals surface area contributed by atoms with Crippen LogP contribution in [0.5, 0.6) is 5.75 Å². The summed E-state index contributed by atoms with van der Waals surface area (Å²) in [6, 6.07) is 7.90. The third-order valence-corrected chi connectivity index (χ3v) is 4.72. The molecule has 0 aliphatic carbocycles. The predicted octanol–water partition coefficient (Wildman–Crippen LogP) is 3.00. The van der Waals surface area contributed by atoms with Gasteiger partial charge in [0.1, 0.15) is 11.6 Å². The summed E-state index contributed by atoms with van der Waals surface area (Å²) in [5.41, 5.74) is 1.34. The van der Waals surface area contributed by atoms with Crippen LogP contribution in [-0.4, -0.2) is 27.3 Å². The molecule has 6 nitrogen and oxygen atoms in total. The molecule has 1 N–H and O–H groups in total. The van der Waals surface area contributed by atoms with Gasteiger partial charge in [-0.05, 0) is 36.0 Å². The fourth-order valence-electron chi connectivity index (χ4n) is 3.10. The maximum absolute atomic E-state index is 12.1. The number of nitrogens with zero attached hydrogens (tertiary/aromatic N) is 3. The molecule has 1 aromatic carbocycles. The Kier molecular flexibility index (Phi) is 5.59. The number of carbonyl (C=O) groups excluding carboxylic acids is 1. The van der Waals surface area contributed by atoms with Crippen molar-refractivity contribution in [1.29, 1.82) is 0 Å². The van der Waals surface area contributed by atoms with Gasteiger partial charge in [-0.25, -0.2) is 0 Å². The fraction of sp³-hybridized carbons (Fsp3) is 0.550. The smallest absolute Gasteiger partial charge is 0.258 e. The average molecular weight is 356 g/mol. The monoisotopic (exact) mass is 356 g/mol. The molecule has 3 rings (SSSR count). The third-order valence-electron chi connectivity index (χ3n) is 4.72. The molecule has 0 radical (unpaired) electrons. The first-order valence-electron chi connectivity index (χ1n) is 9.34. The second-order valence-corrected chi connectivity index (χ2v) is 7.83. The zero-order chi connectivity index (χ0) is 18.6. The van der Waals surface area contributed by atoms with E-state index in [4.69, 9.17) is 4.74 Å². The Bertz CT molecular complexity index is 744. The third kappa shape index (κ3) is 4.62. The summed E-state index contributed by atoms with van der Waals surface area (Å²) in [7, 11) is 0. The number of carbonyl (C=O) groups is 1. The second kappa shape index (κ2) is 7.89. The number of hydrogen-bond acceptors (Lipinski definition) is 4. The number of ether oxygens (including phenoxy) is 1. The number of nitrogens with one attached hydrogen (secondary N) is 1. The number of hydrogen-bond donors (Lipinski definition) is 1. The van der Waals surface area contributed by atoms with Crippen LogP contribution in [0, 0.1) is 0 Å². The molecule has 1 aliphatic rings. The lowest BCUT2D eigenvalue weighted by atomic mass is 9.87. The van der Waals surface area contributed by atoms with Crippen molar-refractivity contribution in [3.8, 4) is 5.75 Å². The van der Waals surface area contributed by atoms with Crippen LogP contribution in [0.2, 0.25) is 0 Å². The first-order valence-corrected chi connectivity index (χ1v) is 9.34. The highest BCUT2D eigenvalue weighted by Gasteiger charge is 2.16. The summed E-state index contributed by atoms with van der Waals surface area (Å²) in [6.45, 7) is 7.82. The lowest BCUT2D eigenvalue weighted by molar-refractivity contribution is -0.123. The van der Waals surface area contributed by atoms with Crippen molar-refractivity contribution < 1.29 is 9.53 Å². The van der Waals surface area contributed by atoms with Crippen LogP contribution in [0.25, 0.3) is 0 Å². The fourth-order valence-corrected chi connectivity index (χ4v) is 3.10. The molecule has 1 aromatic heterocycles. The van der Waals surface area contributed by atoms with Crippen LogP contribution in [0.4, 0.5) is 0 Å². The molecular formula is C20H28N4O2. The number of aromatic nitrogens is 3. The highest BCUT2D eigenvalue weighted by molar-refractivity contribution is 5.77. The molecule has 0 saturated heterocycles. The average Bonchev–Trinajstić information content (AvgIpc) is 2.84. The zero-order valence-electron chi connectivity index (χ0n) is 15.9. The molecule has 0 unspecified atom stereocenters. The van der Waals surface area contributed by atoms with E-state index in [1.54, 1.807) is 0 Å². The molecule has 0 bridgehead atoms. The SMILES string of the molecule is CC(C)(C)c1ccc(OCC(=O)NCc2nnc3n2CCCCC3)cc1. The van der Waals surface area contributed by atoms with Gasteiger partial charge in [-0.1, -0.05) is 39.3 Å². The molecule has 26 heavy (non-hydrogen) atoms. The van der Waals surface area contributed by atoms with E-state index >= 15 is 0 Å². The van der Waals surface area contributed by atoms with Crippen molar-refractivity contribution in [2.45, 2.75) is 65.0 Å². The summed E-state index contributed by atoms with van der Waals surface area (Å²) < 4.78 is 7.72. The van der Waals surface area contributed by atoms with E-state index in [9.17, 15) is 4.79 Å². The van der Waals surface area contributed by atoms with Crippen molar-refractivity contribution in [1.82, 2.24) is 20.1 Å². The molecule has 1 amide bonds. The van der Waals surface area contributed by atoms with Crippen LogP contribution >= 0.6 is 0 Å². The molecule has 2 aromatic rings. The van der Waals surface area contributed by atoms with Gasteiger partial charge in [0.05, 0.1) is 6.54 Å². The maximum Gasteiger partial charge on any atom is 0.258 e. The molecule has 0 spiro atoms. The summed E-state index contributed by atoms with van der Waals surface area (Å²) in [5.74, 6) is 2.40. The molecule has 140 valence electrons. The van der Waals surface area contributed by atoms with E-state index in [0.717, 1.165) is 37.5 Å². The lowest BCUT2D eigenvalue weighted by Gasteiger charge is -2.19. The lowest BCUT2D eigenvalue weighted by Crippen LogP contribution is -2.29. The van der Waals surface area contributed by atoms with E-state index in [1.165, 1.54) is 12.0 Å².